The van der Waals surface area contributed by atoms with Gasteiger partial charge in [0.1, 0.15) is 5.75 Å². The fourth-order valence-corrected chi connectivity index (χ4v) is 2.26. The number of hydrogen-bond acceptors (Lipinski definition) is 5. The van der Waals surface area contributed by atoms with Gasteiger partial charge in [-0.15, -0.1) is 0 Å². The first-order chi connectivity index (χ1) is 12.1. The van der Waals surface area contributed by atoms with Gasteiger partial charge in [-0.25, -0.2) is 4.79 Å². The van der Waals surface area contributed by atoms with Gasteiger partial charge in [0, 0.05) is 6.54 Å². The van der Waals surface area contributed by atoms with Crippen molar-refractivity contribution < 1.29 is 24.2 Å². The molecule has 0 aliphatic rings. The number of hydrogen-bond donors (Lipinski definition) is 2. The number of carbonyl (C=O) groups excluding carboxylic acids is 2. The monoisotopic (exact) mass is 343 g/mol. The molecule has 2 aromatic rings. The number of methoxy groups -OCH3 is 1. The Hall–Kier alpha value is -2.86. The molecule has 0 radical (unpaired) electrons. The van der Waals surface area contributed by atoms with E-state index in [0.717, 1.165) is 11.3 Å². The Bertz CT molecular complexity index is 712. The van der Waals surface area contributed by atoms with E-state index < -0.39 is 5.97 Å². The van der Waals surface area contributed by atoms with Crippen LogP contribution in [0.1, 0.15) is 21.5 Å². The van der Waals surface area contributed by atoms with Crippen molar-refractivity contribution in [2.24, 2.45) is 0 Å². The number of para-hydroxylation sites is 1. The molecule has 2 rings (SSSR count). The summed E-state index contributed by atoms with van der Waals surface area (Å²) in [6.45, 7) is -0.0155. The lowest BCUT2D eigenvalue weighted by atomic mass is 10.1. The summed E-state index contributed by atoms with van der Waals surface area (Å²) in [5.74, 6) is -0.172. The van der Waals surface area contributed by atoms with E-state index in [0.29, 0.717) is 24.1 Å². The first-order valence-corrected chi connectivity index (χ1v) is 7.89. The number of esters is 1. The van der Waals surface area contributed by atoms with E-state index in [-0.39, 0.29) is 19.1 Å². The molecular formula is C19H21NO5. The van der Waals surface area contributed by atoms with E-state index in [1.807, 2.05) is 24.3 Å². The predicted octanol–water partition coefficient (Wildman–Crippen LogP) is 1.70. The molecule has 0 saturated carbocycles. The molecule has 0 aliphatic heterocycles. The van der Waals surface area contributed by atoms with Gasteiger partial charge < -0.3 is 19.9 Å². The van der Waals surface area contributed by atoms with Crippen molar-refractivity contribution in [3.8, 4) is 5.75 Å². The van der Waals surface area contributed by atoms with Crippen LogP contribution in [0.25, 0.3) is 0 Å². The van der Waals surface area contributed by atoms with Gasteiger partial charge in [-0.1, -0.05) is 30.3 Å². The number of rotatable bonds is 8. The largest absolute Gasteiger partial charge is 0.496 e. The molecule has 2 aromatic carbocycles. The van der Waals surface area contributed by atoms with Crippen LogP contribution in [0.3, 0.4) is 0 Å². The highest BCUT2D eigenvalue weighted by molar-refractivity contribution is 5.91. The smallest absolute Gasteiger partial charge is 0.338 e. The third-order valence-corrected chi connectivity index (χ3v) is 3.62. The van der Waals surface area contributed by atoms with E-state index >= 15 is 0 Å². The van der Waals surface area contributed by atoms with Crippen molar-refractivity contribution in [2.75, 3.05) is 20.3 Å². The minimum Gasteiger partial charge on any atom is -0.496 e. The molecule has 0 aromatic heterocycles. The highest BCUT2D eigenvalue weighted by Gasteiger charge is 2.10. The van der Waals surface area contributed by atoms with Crippen molar-refractivity contribution in [1.82, 2.24) is 5.32 Å². The van der Waals surface area contributed by atoms with Gasteiger partial charge in [0.15, 0.2) is 6.61 Å². The molecule has 0 fully saturated rings. The maximum Gasteiger partial charge on any atom is 0.338 e. The fraction of sp³-hybridized carbons (Fsp3) is 0.263. The Kier molecular flexibility index (Phi) is 6.98. The van der Waals surface area contributed by atoms with Crippen LogP contribution in [0.2, 0.25) is 0 Å². The number of benzene rings is 2. The van der Waals surface area contributed by atoms with E-state index in [2.05, 4.69) is 5.32 Å². The molecule has 25 heavy (non-hydrogen) atoms. The van der Waals surface area contributed by atoms with Gasteiger partial charge in [0.2, 0.25) is 0 Å². The van der Waals surface area contributed by atoms with Crippen LogP contribution in [-0.2, 0) is 22.6 Å². The first-order valence-electron chi connectivity index (χ1n) is 7.89. The molecule has 0 spiro atoms. The molecular weight excluding hydrogens is 322 g/mol. The Morgan fingerprint density at radius 3 is 2.48 bits per heavy atom. The minimum absolute atomic E-state index is 0.0933. The lowest BCUT2D eigenvalue weighted by molar-refractivity contribution is -0.124. The Morgan fingerprint density at radius 2 is 1.80 bits per heavy atom. The van der Waals surface area contributed by atoms with Crippen LogP contribution < -0.4 is 10.1 Å². The van der Waals surface area contributed by atoms with E-state index in [1.165, 1.54) is 0 Å². The zero-order valence-corrected chi connectivity index (χ0v) is 14.0. The molecule has 6 nitrogen and oxygen atoms in total. The maximum absolute atomic E-state index is 11.8. The molecule has 1 amide bonds. The molecule has 0 atom stereocenters. The Balaban J connectivity index is 1.73. The predicted molar refractivity (Wildman–Crippen MR) is 92.4 cm³/mol. The summed E-state index contributed by atoms with van der Waals surface area (Å²) in [4.78, 5) is 23.6. The first kappa shape index (κ1) is 18.5. The number of aliphatic hydroxyl groups is 1. The van der Waals surface area contributed by atoms with Gasteiger partial charge in [0.25, 0.3) is 5.91 Å². The lowest BCUT2D eigenvalue weighted by Gasteiger charge is -2.09. The third-order valence-electron chi connectivity index (χ3n) is 3.62. The van der Waals surface area contributed by atoms with Crippen molar-refractivity contribution in [3.63, 3.8) is 0 Å². The SMILES string of the molecule is COc1ccccc1CCNC(=O)COC(=O)c1ccc(CO)cc1. The summed E-state index contributed by atoms with van der Waals surface area (Å²) >= 11 is 0. The molecule has 6 heteroatoms. The quantitative estimate of drug-likeness (QED) is 0.713. The van der Waals surface area contributed by atoms with E-state index in [1.54, 1.807) is 31.4 Å². The van der Waals surface area contributed by atoms with Crippen LogP contribution in [0.4, 0.5) is 0 Å². The van der Waals surface area contributed by atoms with Crippen LogP contribution in [0.15, 0.2) is 48.5 Å². The fourth-order valence-electron chi connectivity index (χ4n) is 2.26. The van der Waals surface area contributed by atoms with Gasteiger partial charge >= 0.3 is 5.97 Å². The molecule has 0 heterocycles. The topological polar surface area (TPSA) is 84.9 Å². The van der Waals surface area contributed by atoms with Crippen molar-refractivity contribution in [2.45, 2.75) is 13.0 Å². The lowest BCUT2D eigenvalue weighted by Crippen LogP contribution is -2.30. The second-order valence-electron chi connectivity index (χ2n) is 5.34. The summed E-state index contributed by atoms with van der Waals surface area (Å²) < 4.78 is 10.2. The average Bonchev–Trinajstić information content (AvgIpc) is 2.66. The van der Waals surface area contributed by atoms with Crippen LogP contribution >= 0.6 is 0 Å². The second-order valence-corrected chi connectivity index (χ2v) is 5.34. The standard InChI is InChI=1S/C19H21NO5/c1-24-17-5-3-2-4-15(17)10-11-20-18(22)13-25-19(23)16-8-6-14(12-21)7-9-16/h2-9,21H,10-13H2,1H3,(H,20,22). The summed E-state index contributed by atoms with van der Waals surface area (Å²) in [5, 5.41) is 11.7. The van der Waals surface area contributed by atoms with Crippen LogP contribution in [0, 0.1) is 0 Å². The van der Waals surface area contributed by atoms with Crippen molar-refractivity contribution in [3.05, 3.63) is 65.2 Å². The summed E-state index contributed by atoms with van der Waals surface area (Å²) in [5.41, 5.74) is 2.02. The zero-order chi connectivity index (χ0) is 18.1. The number of nitrogens with one attached hydrogen (secondary N) is 1. The van der Waals surface area contributed by atoms with E-state index in [4.69, 9.17) is 14.6 Å². The van der Waals surface area contributed by atoms with Gasteiger partial charge in [-0.2, -0.15) is 0 Å². The van der Waals surface area contributed by atoms with E-state index in [9.17, 15) is 9.59 Å². The molecule has 0 saturated heterocycles. The Labute approximate surface area is 146 Å². The Morgan fingerprint density at radius 1 is 1.08 bits per heavy atom. The number of ether oxygens (including phenoxy) is 2. The zero-order valence-electron chi connectivity index (χ0n) is 14.0. The highest BCUT2D eigenvalue weighted by atomic mass is 16.5. The molecule has 0 aliphatic carbocycles. The maximum atomic E-state index is 11.8. The summed E-state index contributed by atoms with van der Waals surface area (Å²) in [7, 11) is 1.60. The number of carbonyl (C=O) groups is 2. The summed E-state index contributed by atoms with van der Waals surface area (Å²) in [6, 6.07) is 13.9. The molecule has 0 bridgehead atoms. The average molecular weight is 343 g/mol. The molecule has 132 valence electrons. The van der Waals surface area contributed by atoms with Gasteiger partial charge in [-0.3, -0.25) is 4.79 Å². The number of aliphatic hydroxyl groups excluding tert-OH is 1. The number of amides is 1. The highest BCUT2D eigenvalue weighted by Crippen LogP contribution is 2.17. The molecule has 2 N–H and O–H groups in total. The van der Waals surface area contributed by atoms with Crippen molar-refractivity contribution in [1.29, 1.82) is 0 Å². The van der Waals surface area contributed by atoms with Gasteiger partial charge in [0.05, 0.1) is 19.3 Å². The second kappa shape index (κ2) is 9.44. The minimum atomic E-state index is -0.579. The van der Waals surface area contributed by atoms with Crippen LogP contribution in [0.5, 0.6) is 5.75 Å². The normalized spacial score (nSPS) is 10.2. The molecule has 0 unspecified atom stereocenters. The third kappa shape index (κ3) is 5.61. The van der Waals surface area contributed by atoms with Crippen molar-refractivity contribution >= 4 is 11.9 Å². The van der Waals surface area contributed by atoms with Crippen LogP contribution in [-0.4, -0.2) is 37.2 Å². The van der Waals surface area contributed by atoms with Gasteiger partial charge in [-0.05, 0) is 35.7 Å². The summed E-state index contributed by atoms with van der Waals surface area (Å²) in [6.07, 6.45) is 0.617.